The molecule has 0 spiro atoms. The van der Waals surface area contributed by atoms with E-state index < -0.39 is 0 Å². The first-order chi connectivity index (χ1) is 6.81. The second-order valence-corrected chi connectivity index (χ2v) is 4.00. The summed E-state index contributed by atoms with van der Waals surface area (Å²) in [6.45, 7) is 0.692. The van der Waals surface area contributed by atoms with Crippen LogP contribution < -0.4 is 0 Å². The van der Waals surface area contributed by atoms with Crippen LogP contribution in [0.2, 0.25) is 0 Å². The van der Waals surface area contributed by atoms with Crippen molar-refractivity contribution in [2.75, 3.05) is 13.7 Å². The zero-order valence-electron chi connectivity index (χ0n) is 7.83. The molecule has 1 aromatic rings. The Kier molecular flexibility index (Phi) is 2.68. The zero-order chi connectivity index (χ0) is 9.97. The highest BCUT2D eigenvalue weighted by Crippen LogP contribution is 2.25. The number of ether oxygens (including phenoxy) is 1. The van der Waals surface area contributed by atoms with Gasteiger partial charge in [0, 0.05) is 21.8 Å². The predicted molar refractivity (Wildman–Crippen MR) is 61.6 cm³/mol. The van der Waals surface area contributed by atoms with Crippen LogP contribution in [0.1, 0.15) is 11.1 Å². The van der Waals surface area contributed by atoms with Gasteiger partial charge in [-0.05, 0) is 17.7 Å². The first-order valence-corrected chi connectivity index (χ1v) is 5.12. The molecule has 0 fully saturated rings. The van der Waals surface area contributed by atoms with Crippen molar-refractivity contribution in [3.8, 4) is 0 Å². The lowest BCUT2D eigenvalue weighted by Crippen LogP contribution is -2.02. The fourth-order valence-electron chi connectivity index (χ4n) is 1.49. The molecule has 0 saturated carbocycles. The van der Waals surface area contributed by atoms with E-state index >= 15 is 0 Å². The lowest BCUT2D eigenvalue weighted by atomic mass is 9.99. The maximum Gasteiger partial charge on any atom is 0.0881 e. The van der Waals surface area contributed by atoms with Gasteiger partial charge in [-0.25, -0.2) is 0 Å². The molecule has 1 aliphatic heterocycles. The third kappa shape index (κ3) is 1.73. The molecular formula is C11H10BrNO. The van der Waals surface area contributed by atoms with Crippen LogP contribution in [0, 0.1) is 0 Å². The minimum Gasteiger partial charge on any atom is -0.504 e. The van der Waals surface area contributed by atoms with Gasteiger partial charge in [-0.2, -0.15) is 0 Å². The monoisotopic (exact) mass is 251 g/mol. The van der Waals surface area contributed by atoms with Gasteiger partial charge >= 0.3 is 0 Å². The summed E-state index contributed by atoms with van der Waals surface area (Å²) in [4.78, 5) is 4.26. The number of rotatable bonds is 1. The smallest absolute Gasteiger partial charge is 0.0881 e. The normalized spacial score (nSPS) is 16.9. The first kappa shape index (κ1) is 9.46. The third-order valence-electron chi connectivity index (χ3n) is 2.11. The molecule has 2 nitrogen and oxygen atoms in total. The molecule has 0 bridgehead atoms. The molecule has 0 aliphatic carbocycles. The quantitative estimate of drug-likeness (QED) is 0.704. The summed E-state index contributed by atoms with van der Waals surface area (Å²) in [5, 5.41) is 0. The summed E-state index contributed by atoms with van der Waals surface area (Å²) in [7, 11) is 1.66. The number of hydrogen-bond acceptors (Lipinski definition) is 2. The average molecular weight is 252 g/mol. The largest absolute Gasteiger partial charge is 0.504 e. The summed E-state index contributed by atoms with van der Waals surface area (Å²) in [5.41, 5.74) is 3.45. The van der Waals surface area contributed by atoms with Gasteiger partial charge in [-0.1, -0.05) is 22.0 Å². The van der Waals surface area contributed by atoms with E-state index in [1.54, 1.807) is 13.4 Å². The van der Waals surface area contributed by atoms with E-state index in [1.807, 2.05) is 18.3 Å². The fraction of sp³-hybridized carbons (Fsp3) is 0.182. The molecule has 0 N–H and O–H groups in total. The number of methoxy groups -OCH3 is 1. The van der Waals surface area contributed by atoms with Gasteiger partial charge in [0.15, 0.2) is 0 Å². The molecule has 1 aliphatic rings. The van der Waals surface area contributed by atoms with Crippen molar-refractivity contribution in [2.45, 2.75) is 0 Å². The lowest BCUT2D eigenvalue weighted by molar-refractivity contribution is 0.339. The van der Waals surface area contributed by atoms with Crippen molar-refractivity contribution in [1.82, 2.24) is 0 Å². The minimum atomic E-state index is 0.692. The highest BCUT2D eigenvalue weighted by atomic mass is 79.9. The maximum absolute atomic E-state index is 5.03. The van der Waals surface area contributed by atoms with Crippen molar-refractivity contribution in [3.05, 3.63) is 40.1 Å². The molecule has 0 radical (unpaired) electrons. The molecule has 0 saturated heterocycles. The van der Waals surface area contributed by atoms with Crippen molar-refractivity contribution >= 4 is 27.7 Å². The van der Waals surface area contributed by atoms with Gasteiger partial charge < -0.3 is 4.74 Å². The summed E-state index contributed by atoms with van der Waals surface area (Å²) < 4.78 is 6.10. The van der Waals surface area contributed by atoms with Crippen LogP contribution in [-0.2, 0) is 4.74 Å². The van der Waals surface area contributed by atoms with E-state index in [0.717, 1.165) is 15.6 Å². The topological polar surface area (TPSA) is 21.6 Å². The Morgan fingerprint density at radius 3 is 3.14 bits per heavy atom. The van der Waals surface area contributed by atoms with E-state index in [2.05, 4.69) is 27.0 Å². The Morgan fingerprint density at radius 2 is 2.36 bits per heavy atom. The number of aliphatic imine (C=N–C) groups is 1. The number of nitrogens with zero attached hydrogens (tertiary/aromatic N) is 1. The molecule has 0 aromatic heterocycles. The van der Waals surface area contributed by atoms with E-state index in [1.165, 1.54) is 5.56 Å². The highest BCUT2D eigenvalue weighted by Gasteiger charge is 2.10. The van der Waals surface area contributed by atoms with Gasteiger partial charge in [-0.15, -0.1) is 0 Å². The molecule has 14 heavy (non-hydrogen) atoms. The van der Waals surface area contributed by atoms with Crippen LogP contribution >= 0.6 is 15.9 Å². The third-order valence-corrected chi connectivity index (χ3v) is 2.61. The summed E-state index contributed by atoms with van der Waals surface area (Å²) in [6.07, 6.45) is 3.65. The van der Waals surface area contributed by atoms with Gasteiger partial charge in [0.1, 0.15) is 0 Å². The van der Waals surface area contributed by atoms with Crippen LogP contribution in [0.5, 0.6) is 0 Å². The molecule has 1 aromatic carbocycles. The number of hydrogen-bond donors (Lipinski definition) is 0. The van der Waals surface area contributed by atoms with Crippen LogP contribution in [-0.4, -0.2) is 19.9 Å². The molecule has 3 heteroatoms. The van der Waals surface area contributed by atoms with Gasteiger partial charge in [0.05, 0.1) is 19.9 Å². The van der Waals surface area contributed by atoms with Crippen LogP contribution in [0.4, 0.5) is 0 Å². The maximum atomic E-state index is 5.03. The predicted octanol–water partition coefficient (Wildman–Crippen LogP) is 2.87. The highest BCUT2D eigenvalue weighted by molar-refractivity contribution is 9.10. The first-order valence-electron chi connectivity index (χ1n) is 4.33. The van der Waals surface area contributed by atoms with Crippen LogP contribution in [0.15, 0.2) is 33.9 Å². The Bertz CT molecular complexity index is 410. The summed E-state index contributed by atoms with van der Waals surface area (Å²) in [5.74, 6) is 0. The van der Waals surface area contributed by atoms with E-state index in [0.29, 0.717) is 6.54 Å². The Labute approximate surface area is 91.4 Å². The molecule has 2 rings (SSSR count). The number of halogens is 1. The van der Waals surface area contributed by atoms with Crippen molar-refractivity contribution in [1.29, 1.82) is 0 Å². The Hall–Kier alpha value is -1.09. The van der Waals surface area contributed by atoms with Crippen molar-refractivity contribution < 1.29 is 4.74 Å². The minimum absolute atomic E-state index is 0.692. The average Bonchev–Trinajstić information content (AvgIpc) is 2.19. The van der Waals surface area contributed by atoms with E-state index in [4.69, 9.17) is 4.74 Å². The zero-order valence-corrected chi connectivity index (χ0v) is 9.41. The summed E-state index contributed by atoms with van der Waals surface area (Å²) >= 11 is 3.46. The number of benzene rings is 1. The molecule has 1 heterocycles. The van der Waals surface area contributed by atoms with Gasteiger partial charge in [0.25, 0.3) is 0 Å². The van der Waals surface area contributed by atoms with Crippen LogP contribution in [0.25, 0.3) is 5.57 Å². The van der Waals surface area contributed by atoms with Crippen molar-refractivity contribution in [3.63, 3.8) is 0 Å². The second kappa shape index (κ2) is 3.96. The summed E-state index contributed by atoms with van der Waals surface area (Å²) in [6, 6.07) is 6.15. The Morgan fingerprint density at radius 1 is 1.50 bits per heavy atom. The standard InChI is InChI=1S/C11H10BrNO/c1-14-7-9-6-13-5-8-2-3-10(12)4-11(8)9/h2-5,7H,6H2,1H3. The van der Waals surface area contributed by atoms with Crippen molar-refractivity contribution in [2.24, 2.45) is 4.99 Å². The molecule has 0 amide bonds. The van der Waals surface area contributed by atoms with Crippen LogP contribution in [0.3, 0.4) is 0 Å². The Balaban J connectivity index is 2.53. The molecular weight excluding hydrogens is 242 g/mol. The SMILES string of the molecule is COC=C1CN=Cc2ccc(Br)cc21. The van der Waals surface area contributed by atoms with Gasteiger partial charge in [-0.3, -0.25) is 4.99 Å². The van der Waals surface area contributed by atoms with Gasteiger partial charge in [0.2, 0.25) is 0 Å². The molecule has 72 valence electrons. The van der Waals surface area contributed by atoms with E-state index in [9.17, 15) is 0 Å². The second-order valence-electron chi connectivity index (χ2n) is 3.08. The lowest BCUT2D eigenvalue weighted by Gasteiger charge is -2.13. The van der Waals surface area contributed by atoms with E-state index in [-0.39, 0.29) is 0 Å². The number of fused-ring (bicyclic) bond motifs is 1. The molecule has 0 unspecified atom stereocenters. The molecule has 0 atom stereocenters. The fourth-order valence-corrected chi connectivity index (χ4v) is 1.85.